The van der Waals surface area contributed by atoms with E-state index in [9.17, 15) is 4.79 Å². The van der Waals surface area contributed by atoms with Crippen molar-refractivity contribution in [1.29, 1.82) is 0 Å². The molecule has 0 bridgehead atoms. The second-order valence-corrected chi connectivity index (χ2v) is 8.91. The van der Waals surface area contributed by atoms with Gasteiger partial charge in [0, 0.05) is 18.2 Å². The number of rotatable bonds is 4. The molecule has 1 N–H and O–H groups in total. The van der Waals surface area contributed by atoms with Gasteiger partial charge in [-0.05, 0) is 65.3 Å². The number of H-pyrrole nitrogens is 1. The Morgan fingerprint density at radius 2 is 1.89 bits per heavy atom. The van der Waals surface area contributed by atoms with Crippen LogP contribution in [-0.4, -0.2) is 24.7 Å². The molecule has 7 heteroatoms. The van der Waals surface area contributed by atoms with E-state index in [1.54, 1.807) is 0 Å². The van der Waals surface area contributed by atoms with Gasteiger partial charge in [-0.3, -0.25) is 9.51 Å². The first-order chi connectivity index (χ1) is 17.1. The molecule has 0 fully saturated rings. The Hall–Kier alpha value is -4.26. The lowest BCUT2D eigenvalue weighted by Gasteiger charge is -2.16. The molecule has 7 nitrogen and oxygen atoms in total. The summed E-state index contributed by atoms with van der Waals surface area (Å²) in [5, 5.41) is 3.96. The van der Waals surface area contributed by atoms with Crippen LogP contribution in [0.15, 0.2) is 70.1 Å². The summed E-state index contributed by atoms with van der Waals surface area (Å²) in [5.74, 6) is 0.943. The largest absolute Gasteiger partial charge is 0.439 e. The van der Waals surface area contributed by atoms with Gasteiger partial charge in [-0.2, -0.15) is 0 Å². The number of imidazole rings is 1. The van der Waals surface area contributed by atoms with Crippen molar-refractivity contribution >= 4 is 22.3 Å². The van der Waals surface area contributed by atoms with Gasteiger partial charge in [0.2, 0.25) is 0 Å². The predicted octanol–water partition coefficient (Wildman–Crippen LogP) is 4.80. The van der Waals surface area contributed by atoms with Gasteiger partial charge in [0.25, 0.3) is 0 Å². The number of aryl methyl sites for hydroxylation is 3. The van der Waals surface area contributed by atoms with E-state index < -0.39 is 5.76 Å². The van der Waals surface area contributed by atoms with Crippen molar-refractivity contribution in [2.45, 2.75) is 39.7 Å². The Morgan fingerprint density at radius 1 is 1.06 bits per heavy atom. The molecule has 0 amide bonds. The lowest BCUT2D eigenvalue weighted by Crippen LogP contribution is -2.06. The zero-order chi connectivity index (χ0) is 23.9. The zero-order valence-corrected chi connectivity index (χ0v) is 19.7. The molecule has 174 valence electrons. The number of aromatic nitrogens is 5. The van der Waals surface area contributed by atoms with Gasteiger partial charge in [-0.15, -0.1) is 0 Å². The summed E-state index contributed by atoms with van der Waals surface area (Å²) in [5.41, 5.74) is 9.89. The van der Waals surface area contributed by atoms with E-state index in [4.69, 9.17) is 9.51 Å². The normalized spacial score (nSPS) is 14.5. The first kappa shape index (κ1) is 21.3. The van der Waals surface area contributed by atoms with Crippen LogP contribution in [0, 0.1) is 0 Å². The minimum atomic E-state index is -0.551. The number of nitrogens with one attached hydrogen (secondary N) is 1. The monoisotopic (exact) mass is 463 g/mol. The molecule has 3 aromatic heterocycles. The van der Waals surface area contributed by atoms with Crippen molar-refractivity contribution in [3.8, 4) is 0 Å². The van der Waals surface area contributed by atoms with E-state index in [-0.39, 0.29) is 0 Å². The van der Waals surface area contributed by atoms with Crippen LogP contribution in [-0.2, 0) is 25.8 Å². The van der Waals surface area contributed by atoms with Gasteiger partial charge in [0.15, 0.2) is 11.5 Å². The Kier molecular flexibility index (Phi) is 5.17. The molecule has 0 saturated carbocycles. The van der Waals surface area contributed by atoms with Crippen LogP contribution >= 0.6 is 0 Å². The molecule has 3 heterocycles. The van der Waals surface area contributed by atoms with Crippen LogP contribution < -0.4 is 5.76 Å². The highest BCUT2D eigenvalue weighted by atomic mass is 16.5. The first-order valence-electron chi connectivity index (χ1n) is 11.9. The first-order valence-corrected chi connectivity index (χ1v) is 11.9. The maximum atomic E-state index is 11.7. The lowest BCUT2D eigenvalue weighted by molar-refractivity contribution is 0.385. The molecule has 0 spiro atoms. The van der Waals surface area contributed by atoms with Crippen molar-refractivity contribution in [2.75, 3.05) is 0 Å². The molecule has 1 aliphatic rings. The fourth-order valence-corrected chi connectivity index (χ4v) is 5.13. The summed E-state index contributed by atoms with van der Waals surface area (Å²) in [7, 11) is 0. The van der Waals surface area contributed by atoms with Crippen molar-refractivity contribution < 1.29 is 4.52 Å². The molecule has 0 saturated heterocycles. The molecular formula is C28H25N5O2. The average molecular weight is 464 g/mol. The van der Waals surface area contributed by atoms with E-state index >= 15 is 0 Å². The van der Waals surface area contributed by atoms with Crippen LogP contribution in [0.2, 0.25) is 0 Å². The summed E-state index contributed by atoms with van der Waals surface area (Å²) in [4.78, 5) is 23.7. The number of benzene rings is 2. The molecule has 0 aliphatic heterocycles. The van der Waals surface area contributed by atoms with Crippen molar-refractivity contribution in [3.63, 3.8) is 0 Å². The third-order valence-corrected chi connectivity index (χ3v) is 6.80. The second-order valence-electron chi connectivity index (χ2n) is 8.91. The van der Waals surface area contributed by atoms with E-state index in [0.29, 0.717) is 12.4 Å². The van der Waals surface area contributed by atoms with Crippen LogP contribution in [0.3, 0.4) is 0 Å². The number of nitrogens with zero attached hydrogens (tertiary/aromatic N) is 4. The smallest absolute Gasteiger partial charge is 0.308 e. The minimum Gasteiger partial charge on any atom is -0.308 e. The van der Waals surface area contributed by atoms with Crippen molar-refractivity contribution in [3.05, 3.63) is 111 Å². The van der Waals surface area contributed by atoms with E-state index in [1.807, 2.05) is 25.3 Å². The zero-order valence-electron chi connectivity index (χ0n) is 19.7. The molecule has 0 unspecified atom stereocenters. The van der Waals surface area contributed by atoms with Crippen molar-refractivity contribution in [2.24, 2.45) is 0 Å². The number of fused-ring (bicyclic) bond motifs is 3. The highest BCUT2D eigenvalue weighted by molar-refractivity contribution is 5.98. The highest BCUT2D eigenvalue weighted by Gasteiger charge is 2.22. The van der Waals surface area contributed by atoms with Crippen LogP contribution in [0.25, 0.3) is 22.3 Å². The molecule has 6 rings (SSSR count). The standard InChI is InChI=1S/C28H25N5O2/c1-3-24-30-23-9-6-14-29-27(23)33(24)16-18-10-13-22-20(15-18)12-11-19-7-4-5-8-21(19)25(22)17(2)26-31-28(34)35-32-26/h4-10,13-15H,3,11-12,16H2,1-2H3,(H,31,32,34)/b25-17+. The summed E-state index contributed by atoms with van der Waals surface area (Å²) in [6.45, 7) is 4.82. The molecule has 0 atom stereocenters. The highest BCUT2D eigenvalue weighted by Crippen LogP contribution is 2.38. The molecule has 0 radical (unpaired) electrons. The second kappa shape index (κ2) is 8.51. The topological polar surface area (TPSA) is 89.6 Å². The number of pyridine rings is 1. The number of aromatic amines is 1. The molecular weight excluding hydrogens is 438 g/mol. The van der Waals surface area contributed by atoms with Crippen molar-refractivity contribution in [1.82, 2.24) is 24.7 Å². The van der Waals surface area contributed by atoms with Gasteiger partial charge in [-0.25, -0.2) is 14.8 Å². The van der Waals surface area contributed by atoms with E-state index in [1.165, 1.54) is 22.3 Å². The van der Waals surface area contributed by atoms with Crippen LogP contribution in [0.5, 0.6) is 0 Å². The maximum Gasteiger partial charge on any atom is 0.439 e. The average Bonchev–Trinajstić information content (AvgIpc) is 3.43. The molecule has 1 aliphatic carbocycles. The Bertz CT molecular complexity index is 1650. The maximum absolute atomic E-state index is 11.7. The Labute approximate surface area is 202 Å². The summed E-state index contributed by atoms with van der Waals surface area (Å²) in [6, 6.07) is 19.1. The Morgan fingerprint density at radius 3 is 2.71 bits per heavy atom. The number of allylic oxidation sites excluding steroid dienone is 1. The molecule has 35 heavy (non-hydrogen) atoms. The summed E-state index contributed by atoms with van der Waals surface area (Å²) in [6.07, 6.45) is 4.53. The molecule has 2 aromatic carbocycles. The third-order valence-electron chi connectivity index (χ3n) is 6.80. The Balaban J connectivity index is 1.49. The fraction of sp³-hybridized carbons (Fsp3) is 0.214. The SMILES string of the molecule is CCc1nc2cccnc2n1Cc1ccc2c(c1)CCc1ccccc1/C2=C(/C)c1noc(=O)[nH]1. The number of hydrogen-bond acceptors (Lipinski definition) is 5. The summed E-state index contributed by atoms with van der Waals surface area (Å²) < 4.78 is 7.02. The van der Waals surface area contributed by atoms with Crippen LogP contribution in [0.1, 0.15) is 53.3 Å². The van der Waals surface area contributed by atoms with Gasteiger partial charge in [0.05, 0.1) is 6.54 Å². The lowest BCUT2D eigenvalue weighted by atomic mass is 9.89. The quantitative estimate of drug-likeness (QED) is 0.414. The number of hydrogen-bond donors (Lipinski definition) is 1. The van der Waals surface area contributed by atoms with Gasteiger partial charge >= 0.3 is 5.76 Å². The van der Waals surface area contributed by atoms with E-state index in [0.717, 1.165) is 53.0 Å². The van der Waals surface area contributed by atoms with E-state index in [2.05, 4.69) is 69.1 Å². The van der Waals surface area contributed by atoms with Gasteiger partial charge < -0.3 is 4.57 Å². The summed E-state index contributed by atoms with van der Waals surface area (Å²) >= 11 is 0. The molecule has 5 aromatic rings. The van der Waals surface area contributed by atoms with Gasteiger partial charge in [-0.1, -0.05) is 54.5 Å². The van der Waals surface area contributed by atoms with Gasteiger partial charge in [0.1, 0.15) is 11.3 Å². The third kappa shape index (κ3) is 3.69. The van der Waals surface area contributed by atoms with Crippen LogP contribution in [0.4, 0.5) is 0 Å². The predicted molar refractivity (Wildman–Crippen MR) is 135 cm³/mol. The fourth-order valence-electron chi connectivity index (χ4n) is 5.13. The minimum absolute atomic E-state index is 0.459.